The summed E-state index contributed by atoms with van der Waals surface area (Å²) >= 11 is 0. The van der Waals surface area contributed by atoms with Crippen molar-refractivity contribution in [2.45, 2.75) is 49.5 Å². The number of carboxylic acid groups (broad SMARTS) is 1. The minimum absolute atomic E-state index is 0.168. The van der Waals surface area contributed by atoms with E-state index in [1.54, 1.807) is 0 Å². The van der Waals surface area contributed by atoms with Gasteiger partial charge in [0.2, 0.25) is 0 Å². The molecule has 4 heteroatoms. The van der Waals surface area contributed by atoms with Crippen molar-refractivity contribution in [3.8, 4) is 0 Å². The summed E-state index contributed by atoms with van der Waals surface area (Å²) in [5.41, 5.74) is 2.88. The van der Waals surface area contributed by atoms with E-state index in [1.165, 1.54) is 5.56 Å². The predicted octanol–water partition coefficient (Wildman–Crippen LogP) is 4.82. The summed E-state index contributed by atoms with van der Waals surface area (Å²) in [7, 11) is 0. The Morgan fingerprint density at radius 2 is 1.12 bits per heavy atom. The SMILES string of the molecule is O=C([O-])C1C(c2ccccc2)C(C(=O)O[C@@H]2CCCC[C@H]2c2ccccc2)C1c1ccccc1. The van der Waals surface area contributed by atoms with E-state index in [0.717, 1.165) is 36.8 Å². The van der Waals surface area contributed by atoms with Gasteiger partial charge in [-0.2, -0.15) is 0 Å². The van der Waals surface area contributed by atoms with E-state index >= 15 is 0 Å². The molecule has 0 N–H and O–H groups in total. The van der Waals surface area contributed by atoms with Crippen LogP contribution < -0.4 is 5.11 Å². The second-order valence-corrected chi connectivity index (χ2v) is 9.52. The van der Waals surface area contributed by atoms with Crippen LogP contribution in [-0.2, 0) is 14.3 Å². The number of esters is 1. The summed E-state index contributed by atoms with van der Waals surface area (Å²) in [6.07, 6.45) is 3.76. The number of rotatable bonds is 6. The molecule has 3 aromatic rings. The fourth-order valence-electron chi connectivity index (χ4n) is 6.06. The molecule has 0 aromatic heterocycles. The van der Waals surface area contributed by atoms with E-state index in [9.17, 15) is 14.7 Å². The van der Waals surface area contributed by atoms with Gasteiger partial charge in [-0.15, -0.1) is 0 Å². The molecule has 4 nitrogen and oxygen atoms in total. The van der Waals surface area contributed by atoms with Crippen molar-refractivity contribution in [3.05, 3.63) is 108 Å². The highest BCUT2D eigenvalue weighted by molar-refractivity contribution is 5.84. The smallest absolute Gasteiger partial charge is 0.310 e. The maximum Gasteiger partial charge on any atom is 0.310 e. The molecule has 2 unspecified atom stereocenters. The van der Waals surface area contributed by atoms with Crippen LogP contribution in [0, 0.1) is 11.8 Å². The van der Waals surface area contributed by atoms with Gasteiger partial charge >= 0.3 is 5.97 Å². The minimum atomic E-state index is -1.12. The monoisotopic (exact) mass is 453 g/mol. The largest absolute Gasteiger partial charge is 0.550 e. The summed E-state index contributed by atoms with van der Waals surface area (Å²) in [5, 5.41) is 12.3. The number of benzene rings is 3. The number of carboxylic acids is 1. The Morgan fingerprint density at radius 1 is 0.647 bits per heavy atom. The summed E-state index contributed by atoms with van der Waals surface area (Å²) in [6.45, 7) is 0. The van der Waals surface area contributed by atoms with Crippen LogP contribution in [0.3, 0.4) is 0 Å². The average molecular weight is 454 g/mol. The molecule has 5 rings (SSSR count). The van der Waals surface area contributed by atoms with Gasteiger partial charge in [0.05, 0.1) is 5.92 Å². The molecule has 0 aliphatic heterocycles. The molecule has 0 amide bonds. The van der Waals surface area contributed by atoms with Gasteiger partial charge in [-0.05, 0) is 36.0 Å². The first kappa shape index (κ1) is 22.4. The van der Waals surface area contributed by atoms with Gasteiger partial charge in [0.25, 0.3) is 0 Å². The first-order valence-corrected chi connectivity index (χ1v) is 12.2. The zero-order valence-corrected chi connectivity index (χ0v) is 19.1. The van der Waals surface area contributed by atoms with Crippen LogP contribution in [-0.4, -0.2) is 18.0 Å². The third-order valence-corrected chi connectivity index (χ3v) is 7.66. The summed E-state index contributed by atoms with van der Waals surface area (Å²) < 4.78 is 6.24. The Hall–Kier alpha value is -3.40. The van der Waals surface area contributed by atoms with Crippen LogP contribution in [0.5, 0.6) is 0 Å². The lowest BCUT2D eigenvalue weighted by molar-refractivity contribution is -0.317. The van der Waals surface area contributed by atoms with E-state index in [2.05, 4.69) is 12.1 Å². The lowest BCUT2D eigenvalue weighted by Crippen LogP contribution is -2.55. The molecule has 2 aliphatic rings. The Labute approximate surface area is 200 Å². The molecule has 0 saturated heterocycles. The molecule has 0 bridgehead atoms. The molecule has 0 radical (unpaired) electrons. The van der Waals surface area contributed by atoms with Gasteiger partial charge in [0.15, 0.2) is 0 Å². The van der Waals surface area contributed by atoms with Gasteiger partial charge in [-0.25, -0.2) is 0 Å². The van der Waals surface area contributed by atoms with Crippen molar-refractivity contribution in [1.82, 2.24) is 0 Å². The zero-order chi connectivity index (χ0) is 23.5. The number of aliphatic carboxylic acids is 1. The highest BCUT2D eigenvalue weighted by atomic mass is 16.5. The predicted molar refractivity (Wildman–Crippen MR) is 128 cm³/mol. The molecular formula is C30H29O4-. The molecule has 2 aliphatic carbocycles. The Kier molecular flexibility index (Phi) is 6.48. The minimum Gasteiger partial charge on any atom is -0.550 e. The van der Waals surface area contributed by atoms with Crippen LogP contribution in [0.4, 0.5) is 0 Å². The number of carbonyl (C=O) groups excluding carboxylic acids is 2. The first-order chi connectivity index (χ1) is 16.6. The lowest BCUT2D eigenvalue weighted by Gasteiger charge is -2.52. The Bertz CT molecular complexity index is 1060. The fraction of sp³-hybridized carbons (Fsp3) is 0.333. The van der Waals surface area contributed by atoms with Crippen LogP contribution in [0.2, 0.25) is 0 Å². The van der Waals surface area contributed by atoms with Crippen molar-refractivity contribution in [2.24, 2.45) is 11.8 Å². The van der Waals surface area contributed by atoms with Crippen molar-refractivity contribution < 1.29 is 19.4 Å². The molecular weight excluding hydrogens is 424 g/mol. The van der Waals surface area contributed by atoms with E-state index in [0.29, 0.717) is 0 Å². The molecule has 3 aromatic carbocycles. The third kappa shape index (κ3) is 4.25. The third-order valence-electron chi connectivity index (χ3n) is 7.66. The molecule has 34 heavy (non-hydrogen) atoms. The second kappa shape index (κ2) is 9.84. The standard InChI is InChI=1S/C30H30O4/c31-29(32)27-25(21-14-6-2-7-15-21)28(26(27)22-16-8-3-9-17-22)30(33)34-24-19-11-10-18-23(24)20-12-4-1-5-13-20/h1-9,12-17,23-28H,10-11,18-19H2,(H,31,32)/p-1/t23-,24+,25?,26?,27?,28?/m0/s1. The molecule has 0 spiro atoms. The number of ether oxygens (including phenoxy) is 1. The van der Waals surface area contributed by atoms with Gasteiger partial charge in [0.1, 0.15) is 6.10 Å². The van der Waals surface area contributed by atoms with Crippen molar-refractivity contribution in [3.63, 3.8) is 0 Å². The van der Waals surface area contributed by atoms with Crippen molar-refractivity contribution >= 4 is 11.9 Å². The molecule has 2 saturated carbocycles. The van der Waals surface area contributed by atoms with Gasteiger partial charge in [-0.3, -0.25) is 4.79 Å². The van der Waals surface area contributed by atoms with Crippen LogP contribution in [0.15, 0.2) is 91.0 Å². The fourth-order valence-corrected chi connectivity index (χ4v) is 6.06. The highest BCUT2D eigenvalue weighted by Crippen LogP contribution is 2.58. The van der Waals surface area contributed by atoms with Gasteiger partial charge in [-0.1, -0.05) is 97.4 Å². The first-order valence-electron chi connectivity index (χ1n) is 12.2. The lowest BCUT2D eigenvalue weighted by atomic mass is 9.52. The summed E-state index contributed by atoms with van der Waals surface area (Å²) in [6, 6.07) is 29.2. The maximum atomic E-state index is 13.8. The topological polar surface area (TPSA) is 66.4 Å². The quantitative estimate of drug-likeness (QED) is 0.502. The number of carbonyl (C=O) groups is 2. The van der Waals surface area contributed by atoms with Crippen LogP contribution in [0.1, 0.15) is 60.1 Å². The Balaban J connectivity index is 1.46. The van der Waals surface area contributed by atoms with Crippen molar-refractivity contribution in [1.29, 1.82) is 0 Å². The van der Waals surface area contributed by atoms with E-state index in [1.807, 2.05) is 78.9 Å². The summed E-state index contributed by atoms with van der Waals surface area (Å²) in [5.74, 6) is -3.53. The molecule has 0 heterocycles. The van der Waals surface area contributed by atoms with E-state index in [-0.39, 0.29) is 18.0 Å². The molecule has 4 atom stereocenters. The molecule has 2 fully saturated rings. The Morgan fingerprint density at radius 3 is 1.62 bits per heavy atom. The number of hydrogen-bond donors (Lipinski definition) is 0. The van der Waals surface area contributed by atoms with Gasteiger partial charge in [0, 0.05) is 29.6 Å². The van der Waals surface area contributed by atoms with Crippen LogP contribution >= 0.6 is 0 Å². The molecule has 174 valence electrons. The average Bonchev–Trinajstić information content (AvgIpc) is 2.85. The highest BCUT2D eigenvalue weighted by Gasteiger charge is 2.56. The second-order valence-electron chi connectivity index (χ2n) is 9.52. The maximum absolute atomic E-state index is 13.8. The zero-order valence-electron chi connectivity index (χ0n) is 19.1. The van der Waals surface area contributed by atoms with Gasteiger partial charge < -0.3 is 14.6 Å². The van der Waals surface area contributed by atoms with Crippen molar-refractivity contribution in [2.75, 3.05) is 0 Å². The van der Waals surface area contributed by atoms with Crippen LogP contribution in [0.25, 0.3) is 0 Å². The number of hydrogen-bond acceptors (Lipinski definition) is 4. The summed E-state index contributed by atoms with van der Waals surface area (Å²) in [4.78, 5) is 26.1. The van der Waals surface area contributed by atoms with E-state index < -0.39 is 29.6 Å². The normalized spacial score (nSPS) is 28.5. The van der Waals surface area contributed by atoms with E-state index in [4.69, 9.17) is 4.74 Å².